The number of amides is 2. The predicted octanol–water partition coefficient (Wildman–Crippen LogP) is 1.69. The first-order valence-corrected chi connectivity index (χ1v) is 7.11. The number of ether oxygens (including phenoxy) is 1. The molecule has 9 heteroatoms. The second-order valence-corrected chi connectivity index (χ2v) is 5.14. The van der Waals surface area contributed by atoms with Gasteiger partial charge in [-0.15, -0.1) is 0 Å². The van der Waals surface area contributed by atoms with Gasteiger partial charge in [-0.2, -0.15) is 8.78 Å². The number of piperidine rings is 1. The summed E-state index contributed by atoms with van der Waals surface area (Å²) in [6.45, 7) is -2.07. The van der Waals surface area contributed by atoms with E-state index in [2.05, 4.69) is 15.0 Å². The van der Waals surface area contributed by atoms with Crippen LogP contribution in [0.4, 0.5) is 13.6 Å². The zero-order valence-corrected chi connectivity index (χ0v) is 12.2. The minimum atomic E-state index is -2.96. The SMILES string of the molecule is O=C(O)C1CCN(C(=O)NCc2ccnc(OC(F)F)c2)CC1. The number of nitrogens with zero attached hydrogens (tertiary/aromatic N) is 2. The van der Waals surface area contributed by atoms with Crippen LogP contribution in [0.5, 0.6) is 5.88 Å². The summed E-state index contributed by atoms with van der Waals surface area (Å²) in [5, 5.41) is 11.6. The number of aliphatic carboxylic acids is 1. The number of hydrogen-bond acceptors (Lipinski definition) is 4. The van der Waals surface area contributed by atoms with Crippen LogP contribution in [0.3, 0.4) is 0 Å². The molecule has 1 aromatic rings. The van der Waals surface area contributed by atoms with Crippen LogP contribution in [0.2, 0.25) is 0 Å². The van der Waals surface area contributed by atoms with E-state index in [-0.39, 0.29) is 18.5 Å². The first-order chi connectivity index (χ1) is 11.0. The fourth-order valence-corrected chi connectivity index (χ4v) is 2.34. The number of carboxylic acid groups (broad SMARTS) is 1. The highest BCUT2D eigenvalue weighted by molar-refractivity contribution is 5.75. The number of rotatable bonds is 5. The Morgan fingerprint density at radius 3 is 2.74 bits per heavy atom. The molecule has 1 aromatic heterocycles. The summed E-state index contributed by atoms with van der Waals surface area (Å²) in [6.07, 6.45) is 2.16. The van der Waals surface area contributed by atoms with E-state index in [1.165, 1.54) is 17.2 Å². The Balaban J connectivity index is 1.82. The van der Waals surface area contributed by atoms with Crippen LogP contribution in [-0.4, -0.2) is 46.7 Å². The van der Waals surface area contributed by atoms with Crippen LogP contribution in [0.1, 0.15) is 18.4 Å². The Morgan fingerprint density at radius 2 is 2.13 bits per heavy atom. The topological polar surface area (TPSA) is 91.8 Å². The van der Waals surface area contributed by atoms with E-state index >= 15 is 0 Å². The normalized spacial score (nSPS) is 15.5. The van der Waals surface area contributed by atoms with E-state index in [4.69, 9.17) is 5.11 Å². The number of pyridine rings is 1. The molecule has 2 N–H and O–H groups in total. The van der Waals surface area contributed by atoms with Gasteiger partial charge >= 0.3 is 18.6 Å². The third-order valence-electron chi connectivity index (χ3n) is 3.58. The van der Waals surface area contributed by atoms with Crippen molar-refractivity contribution in [3.05, 3.63) is 23.9 Å². The van der Waals surface area contributed by atoms with Crippen molar-refractivity contribution in [1.29, 1.82) is 0 Å². The molecular weight excluding hydrogens is 312 g/mol. The Kier molecular flexibility index (Phi) is 5.67. The van der Waals surface area contributed by atoms with Crippen molar-refractivity contribution in [2.24, 2.45) is 5.92 Å². The van der Waals surface area contributed by atoms with Crippen molar-refractivity contribution in [2.45, 2.75) is 26.0 Å². The monoisotopic (exact) mass is 329 g/mol. The van der Waals surface area contributed by atoms with Crippen molar-refractivity contribution < 1.29 is 28.2 Å². The molecule has 0 bridgehead atoms. The second kappa shape index (κ2) is 7.70. The number of alkyl halides is 2. The van der Waals surface area contributed by atoms with Gasteiger partial charge in [-0.05, 0) is 24.5 Å². The summed E-state index contributed by atoms with van der Waals surface area (Å²) in [7, 11) is 0. The highest BCUT2D eigenvalue weighted by atomic mass is 19.3. The van der Waals surface area contributed by atoms with Crippen LogP contribution in [0.25, 0.3) is 0 Å². The minimum absolute atomic E-state index is 0.139. The third-order valence-corrected chi connectivity index (χ3v) is 3.58. The predicted molar refractivity (Wildman–Crippen MR) is 75.0 cm³/mol. The standard InChI is InChI=1S/C14H17F2N3O4/c15-13(16)23-11-7-9(1-4-17-11)8-18-14(22)19-5-2-10(3-6-19)12(20)21/h1,4,7,10,13H,2-3,5-6,8H2,(H,18,22)(H,20,21). The molecule has 23 heavy (non-hydrogen) atoms. The molecule has 2 amide bonds. The molecule has 1 aliphatic heterocycles. The van der Waals surface area contributed by atoms with E-state index in [9.17, 15) is 18.4 Å². The van der Waals surface area contributed by atoms with Crippen LogP contribution in [0, 0.1) is 5.92 Å². The van der Waals surface area contributed by atoms with E-state index in [0.717, 1.165) is 0 Å². The molecule has 1 aliphatic rings. The lowest BCUT2D eigenvalue weighted by molar-refractivity contribution is -0.143. The van der Waals surface area contributed by atoms with Crippen molar-refractivity contribution in [2.75, 3.05) is 13.1 Å². The fourth-order valence-electron chi connectivity index (χ4n) is 2.34. The number of nitrogens with one attached hydrogen (secondary N) is 1. The number of carbonyl (C=O) groups is 2. The summed E-state index contributed by atoms with van der Waals surface area (Å²) in [5.74, 6) is -1.46. The molecule has 1 fully saturated rings. The van der Waals surface area contributed by atoms with E-state index < -0.39 is 18.5 Å². The maximum Gasteiger partial charge on any atom is 0.388 e. The van der Waals surface area contributed by atoms with Gasteiger partial charge in [0.1, 0.15) is 0 Å². The van der Waals surface area contributed by atoms with Crippen molar-refractivity contribution in [3.8, 4) is 5.88 Å². The molecule has 0 spiro atoms. The van der Waals surface area contributed by atoms with E-state index in [0.29, 0.717) is 31.5 Å². The Labute approximate surface area is 131 Å². The average Bonchev–Trinajstić information content (AvgIpc) is 2.52. The molecule has 1 saturated heterocycles. The van der Waals surface area contributed by atoms with Crippen LogP contribution >= 0.6 is 0 Å². The lowest BCUT2D eigenvalue weighted by atomic mass is 9.97. The summed E-state index contributed by atoms with van der Waals surface area (Å²) in [5.41, 5.74) is 0.574. The van der Waals surface area contributed by atoms with Gasteiger partial charge in [-0.25, -0.2) is 9.78 Å². The maximum absolute atomic E-state index is 12.1. The molecule has 2 heterocycles. The number of halogens is 2. The number of urea groups is 1. The summed E-state index contributed by atoms with van der Waals surface area (Å²) in [4.78, 5) is 28.1. The van der Waals surface area contributed by atoms with Gasteiger partial charge in [0, 0.05) is 31.9 Å². The second-order valence-electron chi connectivity index (χ2n) is 5.14. The largest absolute Gasteiger partial charge is 0.481 e. The van der Waals surface area contributed by atoms with Gasteiger partial charge in [0.15, 0.2) is 0 Å². The van der Waals surface area contributed by atoms with Gasteiger partial charge in [0.2, 0.25) is 5.88 Å². The molecule has 0 saturated carbocycles. The van der Waals surface area contributed by atoms with Crippen molar-refractivity contribution >= 4 is 12.0 Å². The Hall–Kier alpha value is -2.45. The molecule has 0 atom stereocenters. The summed E-state index contributed by atoms with van der Waals surface area (Å²) in [6, 6.07) is 2.58. The maximum atomic E-state index is 12.1. The fraction of sp³-hybridized carbons (Fsp3) is 0.500. The third kappa shape index (κ3) is 5.04. The summed E-state index contributed by atoms with van der Waals surface area (Å²) < 4.78 is 28.4. The highest BCUT2D eigenvalue weighted by Crippen LogP contribution is 2.17. The van der Waals surface area contributed by atoms with Crippen LogP contribution < -0.4 is 10.1 Å². The minimum Gasteiger partial charge on any atom is -0.481 e. The number of aromatic nitrogens is 1. The summed E-state index contributed by atoms with van der Waals surface area (Å²) >= 11 is 0. The molecule has 0 unspecified atom stereocenters. The lowest BCUT2D eigenvalue weighted by Gasteiger charge is -2.30. The highest BCUT2D eigenvalue weighted by Gasteiger charge is 2.26. The van der Waals surface area contributed by atoms with Crippen LogP contribution in [0.15, 0.2) is 18.3 Å². The quantitative estimate of drug-likeness (QED) is 0.858. The zero-order valence-electron chi connectivity index (χ0n) is 12.2. The lowest BCUT2D eigenvalue weighted by Crippen LogP contribution is -2.45. The van der Waals surface area contributed by atoms with Gasteiger partial charge in [0.25, 0.3) is 0 Å². The number of likely N-dealkylation sites (tertiary alicyclic amines) is 1. The Morgan fingerprint density at radius 1 is 1.43 bits per heavy atom. The molecule has 0 aliphatic carbocycles. The number of carboxylic acids is 1. The average molecular weight is 329 g/mol. The molecule has 0 radical (unpaired) electrons. The van der Waals surface area contributed by atoms with Gasteiger partial charge in [-0.1, -0.05) is 0 Å². The molecule has 0 aromatic carbocycles. The van der Waals surface area contributed by atoms with Gasteiger partial charge < -0.3 is 20.1 Å². The van der Waals surface area contributed by atoms with E-state index in [1.54, 1.807) is 6.07 Å². The van der Waals surface area contributed by atoms with Crippen LogP contribution in [-0.2, 0) is 11.3 Å². The number of hydrogen-bond donors (Lipinski definition) is 2. The van der Waals surface area contributed by atoms with Gasteiger partial charge in [0.05, 0.1) is 5.92 Å². The smallest absolute Gasteiger partial charge is 0.388 e. The first kappa shape index (κ1) is 16.9. The van der Waals surface area contributed by atoms with Gasteiger partial charge in [-0.3, -0.25) is 4.79 Å². The van der Waals surface area contributed by atoms with Crippen molar-refractivity contribution in [3.63, 3.8) is 0 Å². The van der Waals surface area contributed by atoms with E-state index in [1.807, 2.05) is 0 Å². The number of carbonyl (C=O) groups excluding carboxylic acids is 1. The molecule has 2 rings (SSSR count). The molecule has 7 nitrogen and oxygen atoms in total. The molecular formula is C14H17F2N3O4. The van der Waals surface area contributed by atoms with Crippen molar-refractivity contribution in [1.82, 2.24) is 15.2 Å². The molecule has 126 valence electrons. The Bertz CT molecular complexity index is 563. The zero-order chi connectivity index (χ0) is 16.8. The first-order valence-electron chi connectivity index (χ1n) is 7.11.